The number of carbonyl (C=O) groups is 3. The molecule has 2 rings (SSSR count). The van der Waals surface area contributed by atoms with Crippen LogP contribution in [-0.4, -0.2) is 44.8 Å². The molecule has 0 radical (unpaired) electrons. The smallest absolute Gasteiger partial charge is 0.352 e. The third-order valence-electron chi connectivity index (χ3n) is 3.23. The average Bonchev–Trinajstić information content (AvgIpc) is 2.58. The van der Waals surface area contributed by atoms with E-state index in [9.17, 15) is 14.4 Å². The lowest BCUT2D eigenvalue weighted by Crippen LogP contribution is -2.39. The predicted octanol–water partition coefficient (Wildman–Crippen LogP) is 1.11. The Hall–Kier alpha value is -2.83. The molecule has 0 unspecified atom stereocenters. The molecule has 0 amide bonds. The van der Waals surface area contributed by atoms with Crippen LogP contribution in [0.2, 0.25) is 0 Å². The molecule has 0 bridgehead atoms. The molecule has 122 valence electrons. The van der Waals surface area contributed by atoms with E-state index < -0.39 is 24.0 Å². The second-order valence-corrected chi connectivity index (χ2v) is 4.52. The van der Waals surface area contributed by atoms with E-state index in [0.29, 0.717) is 5.56 Å². The van der Waals surface area contributed by atoms with Gasteiger partial charge in [-0.1, -0.05) is 18.2 Å². The van der Waals surface area contributed by atoms with Crippen molar-refractivity contribution in [3.63, 3.8) is 0 Å². The Kier molecular flexibility index (Phi) is 5.00. The molecule has 0 spiro atoms. The van der Waals surface area contributed by atoms with Crippen molar-refractivity contribution in [1.29, 1.82) is 0 Å². The zero-order valence-corrected chi connectivity index (χ0v) is 13.0. The molecular weight excluding hydrogens is 304 g/mol. The van der Waals surface area contributed by atoms with E-state index in [2.05, 4.69) is 0 Å². The quantitative estimate of drug-likeness (QED) is 0.606. The molecule has 1 aromatic carbocycles. The highest BCUT2D eigenvalue weighted by Crippen LogP contribution is 2.37. The fraction of sp³-hybridized carbons (Fsp3) is 0.312. The van der Waals surface area contributed by atoms with Gasteiger partial charge in [0.25, 0.3) is 0 Å². The van der Waals surface area contributed by atoms with E-state index in [1.807, 2.05) is 0 Å². The van der Waals surface area contributed by atoms with Gasteiger partial charge in [-0.3, -0.25) is 0 Å². The zero-order chi connectivity index (χ0) is 17.0. The van der Waals surface area contributed by atoms with Gasteiger partial charge in [0.05, 0.1) is 26.4 Å². The number of hydrogen-bond acceptors (Lipinski definition) is 7. The summed E-state index contributed by atoms with van der Waals surface area (Å²) in [5.41, 5.74) is 0.0380. The first-order chi connectivity index (χ1) is 11.0. The molecule has 1 heterocycles. The first kappa shape index (κ1) is 16.5. The van der Waals surface area contributed by atoms with Gasteiger partial charge in [-0.25, -0.2) is 14.4 Å². The van der Waals surface area contributed by atoms with Gasteiger partial charge in [0.1, 0.15) is 11.3 Å². The zero-order valence-electron chi connectivity index (χ0n) is 13.0. The van der Waals surface area contributed by atoms with E-state index in [-0.39, 0.29) is 23.5 Å². The number of hydrogen-bond donors (Lipinski definition) is 0. The summed E-state index contributed by atoms with van der Waals surface area (Å²) in [7, 11) is 2.33. The van der Waals surface area contributed by atoms with Crippen LogP contribution in [-0.2, 0) is 28.6 Å². The Morgan fingerprint density at radius 3 is 2.35 bits per heavy atom. The van der Waals surface area contributed by atoms with Crippen molar-refractivity contribution in [2.75, 3.05) is 20.8 Å². The van der Waals surface area contributed by atoms with Gasteiger partial charge in [0.2, 0.25) is 6.10 Å². The fourth-order valence-electron chi connectivity index (χ4n) is 2.26. The Balaban J connectivity index is 2.70. The number of ether oxygens (including phenoxy) is 4. The minimum absolute atomic E-state index is 0.0701. The molecule has 1 aliphatic heterocycles. The third kappa shape index (κ3) is 3.03. The normalized spacial score (nSPS) is 16.0. The molecule has 0 aromatic heterocycles. The van der Waals surface area contributed by atoms with E-state index in [1.165, 1.54) is 7.11 Å². The van der Waals surface area contributed by atoms with Gasteiger partial charge in [-0.15, -0.1) is 0 Å². The number of esters is 3. The van der Waals surface area contributed by atoms with Crippen molar-refractivity contribution in [1.82, 2.24) is 0 Å². The van der Waals surface area contributed by atoms with E-state index in [0.717, 1.165) is 7.11 Å². The molecule has 7 nitrogen and oxygen atoms in total. The molecule has 1 aliphatic rings. The van der Waals surface area contributed by atoms with E-state index >= 15 is 0 Å². The van der Waals surface area contributed by atoms with Crippen LogP contribution in [0.1, 0.15) is 12.5 Å². The van der Waals surface area contributed by atoms with E-state index in [1.54, 1.807) is 31.2 Å². The Labute approximate surface area is 132 Å². The molecule has 0 aliphatic carbocycles. The fourth-order valence-corrected chi connectivity index (χ4v) is 2.26. The van der Waals surface area contributed by atoms with Crippen molar-refractivity contribution < 1.29 is 33.3 Å². The number of methoxy groups -OCH3 is 2. The van der Waals surface area contributed by atoms with Crippen molar-refractivity contribution in [3.8, 4) is 5.75 Å². The number of para-hydroxylation sites is 1. The van der Waals surface area contributed by atoms with Crippen LogP contribution in [0, 0.1) is 0 Å². The summed E-state index contributed by atoms with van der Waals surface area (Å²) in [6.07, 6.45) is -1.40. The van der Waals surface area contributed by atoms with Gasteiger partial charge in [0, 0.05) is 5.56 Å². The highest BCUT2D eigenvalue weighted by Gasteiger charge is 2.41. The van der Waals surface area contributed by atoms with Crippen molar-refractivity contribution in [2.45, 2.75) is 13.0 Å². The van der Waals surface area contributed by atoms with Gasteiger partial charge in [-0.2, -0.15) is 0 Å². The molecular formula is C16H16O7. The van der Waals surface area contributed by atoms with Crippen molar-refractivity contribution >= 4 is 23.5 Å². The standard InChI is InChI=1S/C16H16O7/c1-4-22-16(19)13-12(15(18)21-3)11(14(17)20-2)9-7-5-6-8-10(9)23-13/h5-8,13H,4H2,1-3H3/t13-/m0/s1. The summed E-state index contributed by atoms with van der Waals surface area (Å²) >= 11 is 0. The molecule has 0 N–H and O–H groups in total. The molecule has 0 saturated carbocycles. The average molecular weight is 320 g/mol. The van der Waals surface area contributed by atoms with Crippen LogP contribution in [0.3, 0.4) is 0 Å². The SMILES string of the molecule is CCOC(=O)[C@H]1Oc2ccccc2C(C(=O)OC)=C1C(=O)OC. The largest absolute Gasteiger partial charge is 0.473 e. The number of carbonyl (C=O) groups excluding carboxylic acids is 3. The van der Waals surface area contributed by atoms with Crippen molar-refractivity contribution in [2.24, 2.45) is 0 Å². The molecule has 0 saturated heterocycles. The summed E-state index contributed by atoms with van der Waals surface area (Å²) < 4.78 is 19.9. The lowest BCUT2D eigenvalue weighted by molar-refractivity contribution is -0.152. The maximum absolute atomic E-state index is 12.2. The molecule has 1 atom stereocenters. The van der Waals surface area contributed by atoms with Crippen LogP contribution in [0.25, 0.3) is 5.57 Å². The van der Waals surface area contributed by atoms with Crippen LogP contribution >= 0.6 is 0 Å². The van der Waals surface area contributed by atoms with Gasteiger partial charge < -0.3 is 18.9 Å². The van der Waals surface area contributed by atoms with Crippen molar-refractivity contribution in [3.05, 3.63) is 35.4 Å². The lowest BCUT2D eigenvalue weighted by atomic mass is 9.92. The van der Waals surface area contributed by atoms with Crippen LogP contribution < -0.4 is 4.74 Å². The third-order valence-corrected chi connectivity index (χ3v) is 3.23. The minimum atomic E-state index is -1.40. The molecule has 23 heavy (non-hydrogen) atoms. The monoisotopic (exact) mass is 320 g/mol. The summed E-state index contributed by atoms with van der Waals surface area (Å²) in [5, 5.41) is 0. The Bertz CT molecular complexity index is 675. The first-order valence-corrected chi connectivity index (χ1v) is 6.88. The lowest BCUT2D eigenvalue weighted by Gasteiger charge is -2.27. The number of fused-ring (bicyclic) bond motifs is 1. The number of benzene rings is 1. The highest BCUT2D eigenvalue weighted by molar-refractivity contribution is 6.25. The van der Waals surface area contributed by atoms with Gasteiger partial charge in [-0.05, 0) is 13.0 Å². The second-order valence-electron chi connectivity index (χ2n) is 4.52. The second kappa shape index (κ2) is 6.95. The maximum atomic E-state index is 12.2. The van der Waals surface area contributed by atoms with Gasteiger partial charge >= 0.3 is 17.9 Å². The molecule has 1 aromatic rings. The van der Waals surface area contributed by atoms with E-state index in [4.69, 9.17) is 18.9 Å². The first-order valence-electron chi connectivity index (χ1n) is 6.88. The Morgan fingerprint density at radius 1 is 1.09 bits per heavy atom. The van der Waals surface area contributed by atoms with Crippen LogP contribution in [0.15, 0.2) is 29.8 Å². The summed E-state index contributed by atoms with van der Waals surface area (Å²) in [6, 6.07) is 6.52. The van der Waals surface area contributed by atoms with Crippen LogP contribution in [0.4, 0.5) is 0 Å². The molecule has 7 heteroatoms. The minimum Gasteiger partial charge on any atom is -0.473 e. The summed E-state index contributed by atoms with van der Waals surface area (Å²) in [6.45, 7) is 1.72. The van der Waals surface area contributed by atoms with Gasteiger partial charge in [0.15, 0.2) is 0 Å². The Morgan fingerprint density at radius 2 is 1.74 bits per heavy atom. The van der Waals surface area contributed by atoms with Crippen LogP contribution in [0.5, 0.6) is 5.75 Å². The highest BCUT2D eigenvalue weighted by atomic mass is 16.6. The summed E-state index contributed by atoms with van der Waals surface area (Å²) in [4.78, 5) is 36.5. The maximum Gasteiger partial charge on any atom is 0.352 e. The summed E-state index contributed by atoms with van der Waals surface area (Å²) in [5.74, 6) is -2.14. The predicted molar refractivity (Wildman–Crippen MR) is 78.4 cm³/mol. The molecule has 0 fully saturated rings. The number of rotatable bonds is 4. The topological polar surface area (TPSA) is 88.1 Å².